The van der Waals surface area contributed by atoms with Gasteiger partial charge in [0.1, 0.15) is 11.5 Å². The molecule has 0 amide bonds. The van der Waals surface area contributed by atoms with Crippen molar-refractivity contribution in [3.63, 3.8) is 0 Å². The largest absolute Gasteiger partial charge is 0.497 e. The Bertz CT molecular complexity index is 524. The maximum Gasteiger partial charge on any atom is 0.292 e. The fourth-order valence-corrected chi connectivity index (χ4v) is 1.55. The van der Waals surface area contributed by atoms with Crippen molar-refractivity contribution in [1.29, 1.82) is 5.26 Å². The Balaban J connectivity index is 2.24. The lowest BCUT2D eigenvalue weighted by atomic mass is 10.1. The van der Waals surface area contributed by atoms with E-state index in [1.165, 1.54) is 0 Å². The highest BCUT2D eigenvalue weighted by atomic mass is 16.5. The summed E-state index contributed by atoms with van der Waals surface area (Å²) in [6.07, 6.45) is 1.64. The fraction of sp³-hybridized carbons (Fsp3) is 0.0714. The predicted molar refractivity (Wildman–Crippen MR) is 64.7 cm³/mol. The summed E-state index contributed by atoms with van der Waals surface area (Å²) in [5.74, 6) is 1.38. The van der Waals surface area contributed by atoms with Gasteiger partial charge in [-0.25, -0.2) is 0 Å². The maximum absolute atomic E-state index is 8.38. The van der Waals surface area contributed by atoms with E-state index in [4.69, 9.17) is 14.7 Å². The highest BCUT2D eigenvalue weighted by Gasteiger charge is 1.99. The molecule has 3 heteroatoms. The maximum atomic E-state index is 8.38. The van der Waals surface area contributed by atoms with E-state index in [-0.39, 0.29) is 0 Å². The van der Waals surface area contributed by atoms with Gasteiger partial charge in [-0.15, -0.1) is 5.26 Å². The number of hydrogen-bond acceptors (Lipinski definition) is 3. The molecule has 2 aromatic rings. The van der Waals surface area contributed by atoms with E-state index in [2.05, 4.69) is 0 Å². The van der Waals surface area contributed by atoms with Gasteiger partial charge in [0.05, 0.1) is 7.11 Å². The molecule has 17 heavy (non-hydrogen) atoms. The second-order valence-corrected chi connectivity index (χ2v) is 3.45. The lowest BCUT2D eigenvalue weighted by Crippen LogP contribution is -1.84. The predicted octanol–water partition coefficient (Wildman–Crippen LogP) is 3.22. The third kappa shape index (κ3) is 2.56. The van der Waals surface area contributed by atoms with Crippen LogP contribution in [0.4, 0.5) is 0 Å². The summed E-state index contributed by atoms with van der Waals surface area (Å²) >= 11 is 0. The highest BCUT2D eigenvalue weighted by molar-refractivity contribution is 5.64. The minimum atomic E-state index is 0.546. The summed E-state index contributed by atoms with van der Waals surface area (Å²) in [5.41, 5.74) is 2.16. The lowest BCUT2D eigenvalue weighted by Gasteiger charge is -2.04. The Morgan fingerprint density at radius 3 is 1.71 bits per heavy atom. The second-order valence-electron chi connectivity index (χ2n) is 3.45. The average Bonchev–Trinajstić information content (AvgIpc) is 2.40. The van der Waals surface area contributed by atoms with Crippen LogP contribution in [0.5, 0.6) is 11.5 Å². The van der Waals surface area contributed by atoms with Crippen molar-refractivity contribution < 1.29 is 9.47 Å². The monoisotopic (exact) mass is 225 g/mol. The second kappa shape index (κ2) is 5.04. The molecule has 0 aliphatic carbocycles. The Morgan fingerprint density at radius 1 is 0.824 bits per heavy atom. The highest BCUT2D eigenvalue weighted by Crippen LogP contribution is 2.24. The van der Waals surface area contributed by atoms with Crippen molar-refractivity contribution in [3.8, 4) is 28.9 Å². The molecule has 0 aliphatic heterocycles. The number of ether oxygens (including phenoxy) is 2. The number of methoxy groups -OCH3 is 1. The van der Waals surface area contributed by atoms with Crippen LogP contribution in [0.2, 0.25) is 0 Å². The van der Waals surface area contributed by atoms with Crippen LogP contribution in [0.3, 0.4) is 0 Å². The first-order chi connectivity index (χ1) is 8.33. The van der Waals surface area contributed by atoms with E-state index in [0.717, 1.165) is 16.9 Å². The molecule has 0 heterocycles. The summed E-state index contributed by atoms with van der Waals surface area (Å²) in [6.45, 7) is 0. The van der Waals surface area contributed by atoms with Gasteiger partial charge in [-0.2, -0.15) is 0 Å². The van der Waals surface area contributed by atoms with Crippen molar-refractivity contribution in [2.24, 2.45) is 0 Å². The molecule has 2 rings (SSSR count). The van der Waals surface area contributed by atoms with Crippen LogP contribution in [0.15, 0.2) is 48.5 Å². The molecule has 0 aliphatic rings. The Morgan fingerprint density at radius 2 is 1.29 bits per heavy atom. The zero-order chi connectivity index (χ0) is 12.1. The van der Waals surface area contributed by atoms with Crippen molar-refractivity contribution >= 4 is 0 Å². The van der Waals surface area contributed by atoms with E-state index < -0.39 is 0 Å². The summed E-state index contributed by atoms with van der Waals surface area (Å²) in [5, 5.41) is 8.38. The number of nitrogens with zero attached hydrogens (tertiary/aromatic N) is 1. The first kappa shape index (κ1) is 11.0. The van der Waals surface area contributed by atoms with Gasteiger partial charge in [0.25, 0.3) is 6.26 Å². The molecular weight excluding hydrogens is 214 g/mol. The van der Waals surface area contributed by atoms with Crippen molar-refractivity contribution in [3.05, 3.63) is 48.5 Å². The summed E-state index contributed by atoms with van der Waals surface area (Å²) in [7, 11) is 1.64. The Kier molecular flexibility index (Phi) is 3.27. The SMILES string of the molecule is COc1ccc(-c2ccc(OC#N)cc2)cc1. The third-order valence-corrected chi connectivity index (χ3v) is 2.44. The molecule has 0 unspecified atom stereocenters. The van der Waals surface area contributed by atoms with Gasteiger partial charge in [-0.1, -0.05) is 24.3 Å². The van der Waals surface area contributed by atoms with Crippen LogP contribution in [0.1, 0.15) is 0 Å². The molecule has 0 spiro atoms. The molecule has 0 bridgehead atoms. The molecule has 0 atom stereocenters. The van der Waals surface area contributed by atoms with Gasteiger partial charge in [0.2, 0.25) is 0 Å². The third-order valence-electron chi connectivity index (χ3n) is 2.44. The van der Waals surface area contributed by atoms with Crippen LogP contribution in [-0.2, 0) is 0 Å². The van der Waals surface area contributed by atoms with Crippen LogP contribution in [-0.4, -0.2) is 7.11 Å². The Hall–Kier alpha value is -2.47. The van der Waals surface area contributed by atoms with Gasteiger partial charge in [0, 0.05) is 0 Å². The van der Waals surface area contributed by atoms with Crippen LogP contribution < -0.4 is 9.47 Å². The van der Waals surface area contributed by atoms with Crippen molar-refractivity contribution in [2.75, 3.05) is 7.11 Å². The van der Waals surface area contributed by atoms with Crippen molar-refractivity contribution in [2.45, 2.75) is 0 Å². The summed E-state index contributed by atoms with van der Waals surface area (Å²) < 4.78 is 9.82. The summed E-state index contributed by atoms with van der Waals surface area (Å²) in [6, 6.07) is 15.1. The van der Waals surface area contributed by atoms with Crippen molar-refractivity contribution in [1.82, 2.24) is 0 Å². The molecule has 0 saturated carbocycles. The molecule has 0 N–H and O–H groups in total. The van der Waals surface area contributed by atoms with Gasteiger partial charge in [-0.3, -0.25) is 0 Å². The molecule has 0 radical (unpaired) electrons. The lowest BCUT2D eigenvalue weighted by molar-refractivity contribution is 0.415. The van der Waals surface area contributed by atoms with Crippen LogP contribution >= 0.6 is 0 Å². The normalized spacial score (nSPS) is 9.41. The average molecular weight is 225 g/mol. The number of hydrogen-bond donors (Lipinski definition) is 0. The first-order valence-electron chi connectivity index (χ1n) is 5.14. The number of nitriles is 1. The standard InChI is InChI=1S/C14H11NO2/c1-16-13-6-2-11(3-7-13)12-4-8-14(9-5-12)17-10-15/h2-9H,1H3. The first-order valence-corrected chi connectivity index (χ1v) is 5.14. The zero-order valence-electron chi connectivity index (χ0n) is 9.38. The smallest absolute Gasteiger partial charge is 0.292 e. The van der Waals surface area contributed by atoms with Gasteiger partial charge in [-0.05, 0) is 35.4 Å². The fourth-order valence-electron chi connectivity index (χ4n) is 1.55. The molecule has 0 saturated heterocycles. The minimum Gasteiger partial charge on any atom is -0.497 e. The molecule has 3 nitrogen and oxygen atoms in total. The molecular formula is C14H11NO2. The zero-order valence-corrected chi connectivity index (χ0v) is 9.38. The van der Waals surface area contributed by atoms with Gasteiger partial charge < -0.3 is 9.47 Å². The molecule has 0 fully saturated rings. The quantitative estimate of drug-likeness (QED) is 0.753. The van der Waals surface area contributed by atoms with Gasteiger partial charge >= 0.3 is 0 Å². The van der Waals surface area contributed by atoms with Crippen LogP contribution in [0, 0.1) is 11.5 Å². The van der Waals surface area contributed by atoms with E-state index >= 15 is 0 Å². The van der Waals surface area contributed by atoms with E-state index in [9.17, 15) is 0 Å². The number of rotatable bonds is 3. The molecule has 0 aromatic heterocycles. The topological polar surface area (TPSA) is 42.2 Å². The van der Waals surface area contributed by atoms with E-state index in [0.29, 0.717) is 5.75 Å². The molecule has 84 valence electrons. The van der Waals surface area contributed by atoms with E-state index in [1.54, 1.807) is 25.5 Å². The van der Waals surface area contributed by atoms with Crippen LogP contribution in [0.25, 0.3) is 11.1 Å². The van der Waals surface area contributed by atoms with Gasteiger partial charge in [0.15, 0.2) is 0 Å². The van der Waals surface area contributed by atoms with E-state index in [1.807, 2.05) is 36.4 Å². The Labute approximate surface area is 99.8 Å². The molecule has 2 aromatic carbocycles. The minimum absolute atomic E-state index is 0.546. The number of benzene rings is 2. The summed E-state index contributed by atoms with van der Waals surface area (Å²) in [4.78, 5) is 0.